The molecule has 0 aliphatic rings. The summed E-state index contributed by atoms with van der Waals surface area (Å²) in [5, 5.41) is 5.62. The number of thiophene rings is 1. The van der Waals surface area contributed by atoms with Gasteiger partial charge in [-0.1, -0.05) is 6.92 Å². The first-order chi connectivity index (χ1) is 8.74. The van der Waals surface area contributed by atoms with Gasteiger partial charge in [0.25, 0.3) is 0 Å². The Morgan fingerprint density at radius 1 is 1.56 bits per heavy atom. The number of nitrogens with one attached hydrogen (secondary N) is 1. The molecule has 0 radical (unpaired) electrons. The number of halogens is 1. The van der Waals surface area contributed by atoms with Crippen molar-refractivity contribution in [3.63, 3.8) is 0 Å². The molecule has 1 N–H and O–H groups in total. The number of nitrogens with zero attached hydrogens (tertiary/aromatic N) is 2. The van der Waals surface area contributed by atoms with Crippen molar-refractivity contribution in [3.8, 4) is 0 Å². The Hall–Kier alpha value is -0.400. The molecule has 0 fully saturated rings. The van der Waals surface area contributed by atoms with Gasteiger partial charge in [-0.2, -0.15) is 0 Å². The van der Waals surface area contributed by atoms with Crippen LogP contribution in [0.1, 0.15) is 30.8 Å². The summed E-state index contributed by atoms with van der Waals surface area (Å²) < 4.78 is 3.58. The average molecular weight is 375 g/mol. The number of aryl methyl sites for hydroxylation is 1. The van der Waals surface area contributed by atoms with Crippen molar-refractivity contribution >= 4 is 33.9 Å². The second-order valence-electron chi connectivity index (χ2n) is 4.27. The van der Waals surface area contributed by atoms with Crippen LogP contribution in [0.25, 0.3) is 0 Å². The normalized spacial score (nSPS) is 12.8. The van der Waals surface area contributed by atoms with E-state index in [0.717, 1.165) is 25.2 Å². The fourth-order valence-electron chi connectivity index (χ4n) is 2.05. The van der Waals surface area contributed by atoms with Crippen molar-refractivity contribution in [2.45, 2.75) is 32.4 Å². The molecule has 0 aliphatic heterocycles. The van der Waals surface area contributed by atoms with Crippen molar-refractivity contribution < 1.29 is 0 Å². The fourth-order valence-corrected chi connectivity index (χ4v) is 3.48. The highest BCUT2D eigenvalue weighted by molar-refractivity contribution is 14.1. The predicted octanol–water partition coefficient (Wildman–Crippen LogP) is 3.46. The van der Waals surface area contributed by atoms with E-state index in [-0.39, 0.29) is 0 Å². The summed E-state index contributed by atoms with van der Waals surface area (Å²) in [6.07, 6.45) is 6.05. The molecule has 3 nitrogen and oxygen atoms in total. The summed E-state index contributed by atoms with van der Waals surface area (Å²) in [4.78, 5) is 4.48. The Bertz CT molecular complexity index is 492. The van der Waals surface area contributed by atoms with Gasteiger partial charge in [-0.05, 0) is 53.1 Å². The molecule has 0 saturated carbocycles. The van der Waals surface area contributed by atoms with Crippen LogP contribution in [0.3, 0.4) is 0 Å². The molecule has 0 aromatic carbocycles. The topological polar surface area (TPSA) is 29.9 Å². The number of aromatic nitrogens is 2. The number of hydrogen-bond donors (Lipinski definition) is 1. The third kappa shape index (κ3) is 3.33. The van der Waals surface area contributed by atoms with Gasteiger partial charge in [0.15, 0.2) is 0 Å². The van der Waals surface area contributed by atoms with Crippen LogP contribution in [-0.2, 0) is 13.0 Å². The van der Waals surface area contributed by atoms with Crippen molar-refractivity contribution in [1.29, 1.82) is 0 Å². The first kappa shape index (κ1) is 14.0. The minimum absolute atomic E-state index is 0.350. The van der Waals surface area contributed by atoms with Gasteiger partial charge in [-0.3, -0.25) is 0 Å². The van der Waals surface area contributed by atoms with Gasteiger partial charge < -0.3 is 9.88 Å². The van der Waals surface area contributed by atoms with Crippen molar-refractivity contribution in [2.24, 2.45) is 0 Å². The van der Waals surface area contributed by atoms with E-state index in [1.54, 1.807) is 11.3 Å². The van der Waals surface area contributed by atoms with Crippen molar-refractivity contribution in [2.75, 3.05) is 7.05 Å². The van der Waals surface area contributed by atoms with Crippen LogP contribution in [0.2, 0.25) is 0 Å². The second-order valence-corrected chi connectivity index (χ2v) is 7.07. The third-order valence-corrected chi connectivity index (χ3v) is 4.80. The van der Waals surface area contributed by atoms with E-state index in [4.69, 9.17) is 0 Å². The Kier molecular flexibility index (Phi) is 5.20. The smallest absolute Gasteiger partial charge is 0.110 e. The zero-order chi connectivity index (χ0) is 13.0. The lowest BCUT2D eigenvalue weighted by molar-refractivity contribution is 0.544. The van der Waals surface area contributed by atoms with E-state index >= 15 is 0 Å². The maximum atomic E-state index is 4.48. The molecule has 0 aliphatic carbocycles. The van der Waals surface area contributed by atoms with Gasteiger partial charge in [-0.25, -0.2) is 4.98 Å². The lowest BCUT2D eigenvalue weighted by Crippen LogP contribution is -2.20. The number of hydrogen-bond acceptors (Lipinski definition) is 3. The van der Waals surface area contributed by atoms with Crippen LogP contribution in [0.15, 0.2) is 23.8 Å². The average Bonchev–Trinajstić information content (AvgIpc) is 2.96. The first-order valence-electron chi connectivity index (χ1n) is 6.15. The molecule has 0 saturated heterocycles. The highest BCUT2D eigenvalue weighted by Crippen LogP contribution is 2.24. The van der Waals surface area contributed by atoms with E-state index in [0.29, 0.717) is 6.04 Å². The van der Waals surface area contributed by atoms with Crippen LogP contribution >= 0.6 is 33.9 Å². The van der Waals surface area contributed by atoms with Crippen molar-refractivity contribution in [1.82, 2.24) is 14.9 Å². The van der Waals surface area contributed by atoms with E-state index in [9.17, 15) is 0 Å². The van der Waals surface area contributed by atoms with Gasteiger partial charge >= 0.3 is 0 Å². The lowest BCUT2D eigenvalue weighted by Gasteiger charge is -2.15. The van der Waals surface area contributed by atoms with Crippen LogP contribution in [0, 0.1) is 2.88 Å². The summed E-state index contributed by atoms with van der Waals surface area (Å²) in [5.41, 5.74) is 1.36. The lowest BCUT2D eigenvalue weighted by atomic mass is 10.1. The van der Waals surface area contributed by atoms with Gasteiger partial charge in [0.1, 0.15) is 5.82 Å². The number of rotatable bonds is 6. The molecule has 18 heavy (non-hydrogen) atoms. The quantitative estimate of drug-likeness (QED) is 0.784. The molecular formula is C13H18IN3S. The third-order valence-electron chi connectivity index (χ3n) is 2.99. The molecule has 1 unspecified atom stereocenters. The van der Waals surface area contributed by atoms with Crippen LogP contribution in [-0.4, -0.2) is 16.6 Å². The maximum Gasteiger partial charge on any atom is 0.110 e. The van der Waals surface area contributed by atoms with Crippen molar-refractivity contribution in [3.05, 3.63) is 38.1 Å². The van der Waals surface area contributed by atoms with E-state index in [1.165, 1.54) is 8.45 Å². The number of likely N-dealkylation sites (N-methyl/N-ethyl adjacent to an activating group) is 1. The number of imidazole rings is 1. The monoisotopic (exact) mass is 375 g/mol. The molecule has 0 amide bonds. The van der Waals surface area contributed by atoms with E-state index < -0.39 is 0 Å². The summed E-state index contributed by atoms with van der Waals surface area (Å²) >= 11 is 4.16. The first-order valence-corrected chi connectivity index (χ1v) is 8.11. The van der Waals surface area contributed by atoms with Crippen LogP contribution in [0.4, 0.5) is 0 Å². The zero-order valence-electron chi connectivity index (χ0n) is 10.7. The van der Waals surface area contributed by atoms with Gasteiger partial charge in [0, 0.05) is 31.4 Å². The van der Waals surface area contributed by atoms with Gasteiger partial charge in [0.2, 0.25) is 0 Å². The Morgan fingerprint density at radius 2 is 2.39 bits per heavy atom. The second kappa shape index (κ2) is 6.68. The minimum atomic E-state index is 0.350. The zero-order valence-corrected chi connectivity index (χ0v) is 13.7. The molecule has 2 rings (SSSR count). The SMILES string of the molecule is CCCn1ccnc1CC(NC)c1csc(I)c1. The summed E-state index contributed by atoms with van der Waals surface area (Å²) in [7, 11) is 2.02. The summed E-state index contributed by atoms with van der Waals surface area (Å²) in [6.45, 7) is 3.24. The molecule has 2 aromatic rings. The molecule has 2 aromatic heterocycles. The predicted molar refractivity (Wildman–Crippen MR) is 85.1 cm³/mol. The molecule has 98 valence electrons. The highest BCUT2D eigenvalue weighted by atomic mass is 127. The Morgan fingerprint density at radius 3 is 3.00 bits per heavy atom. The fraction of sp³-hybridized carbons (Fsp3) is 0.462. The molecule has 0 spiro atoms. The van der Waals surface area contributed by atoms with E-state index in [2.05, 4.69) is 62.0 Å². The molecule has 2 heterocycles. The van der Waals surface area contributed by atoms with Crippen LogP contribution in [0.5, 0.6) is 0 Å². The van der Waals surface area contributed by atoms with Gasteiger partial charge in [0.05, 0.1) is 2.88 Å². The Balaban J connectivity index is 2.12. The largest absolute Gasteiger partial charge is 0.335 e. The standard InChI is InChI=1S/C13H18IN3S/c1-3-5-17-6-4-16-13(17)8-11(15-2)10-7-12(14)18-9-10/h4,6-7,9,11,15H,3,5,8H2,1-2H3. The molecule has 5 heteroatoms. The molecule has 1 atom stereocenters. The minimum Gasteiger partial charge on any atom is -0.335 e. The van der Waals surface area contributed by atoms with Gasteiger partial charge in [-0.15, -0.1) is 11.3 Å². The Labute approximate surface area is 126 Å². The highest BCUT2D eigenvalue weighted by Gasteiger charge is 2.14. The summed E-state index contributed by atoms with van der Waals surface area (Å²) in [5.74, 6) is 1.16. The summed E-state index contributed by atoms with van der Waals surface area (Å²) in [6, 6.07) is 2.60. The molecule has 0 bridgehead atoms. The van der Waals surface area contributed by atoms with E-state index in [1.807, 2.05) is 13.2 Å². The molecular weight excluding hydrogens is 357 g/mol. The van der Waals surface area contributed by atoms with Crippen LogP contribution < -0.4 is 5.32 Å². The maximum absolute atomic E-state index is 4.48.